The number of ether oxygens (including phenoxy) is 5. The van der Waals surface area contributed by atoms with Crippen LogP contribution < -0.4 is 9.47 Å². The largest absolute Gasteiger partial charge is 0.514 e. The van der Waals surface area contributed by atoms with Crippen LogP contribution in [0.3, 0.4) is 0 Å². The molecule has 0 bridgehead atoms. The van der Waals surface area contributed by atoms with Gasteiger partial charge in [-0.2, -0.15) is 0 Å². The number of rotatable bonds is 11. The van der Waals surface area contributed by atoms with Crippen LogP contribution in [0.25, 0.3) is 0 Å². The number of carbonyl (C=O) groups excluding carboxylic acids is 3. The average Bonchev–Trinajstić information content (AvgIpc) is 3.04. The highest BCUT2D eigenvalue weighted by Gasteiger charge is 2.23. The van der Waals surface area contributed by atoms with Crippen LogP contribution >= 0.6 is 0 Å². The first-order valence-corrected chi connectivity index (χ1v) is 13.4. The summed E-state index contributed by atoms with van der Waals surface area (Å²) in [5.74, 6) is -0.335. The second-order valence-electron chi connectivity index (χ2n) is 9.31. The summed E-state index contributed by atoms with van der Waals surface area (Å²) in [5, 5.41) is 11.1. The van der Waals surface area contributed by atoms with Gasteiger partial charge in [-0.3, -0.25) is 0 Å². The van der Waals surface area contributed by atoms with Gasteiger partial charge < -0.3 is 33.7 Å². The summed E-state index contributed by atoms with van der Waals surface area (Å²) >= 11 is 0. The van der Waals surface area contributed by atoms with Crippen LogP contribution in [0.2, 0.25) is 0 Å². The topological polar surface area (TPSA) is 121 Å². The lowest BCUT2D eigenvalue weighted by atomic mass is 10.1. The molecule has 0 aliphatic heterocycles. The van der Waals surface area contributed by atoms with Gasteiger partial charge in [-0.05, 0) is 34.4 Å². The van der Waals surface area contributed by atoms with Gasteiger partial charge in [-0.15, -0.1) is 0 Å². The van der Waals surface area contributed by atoms with E-state index in [-0.39, 0.29) is 43.4 Å². The normalized spacial score (nSPS) is 11.1. The van der Waals surface area contributed by atoms with E-state index in [0.717, 1.165) is 16.7 Å². The Hall–Kier alpha value is -5.35. The molecule has 0 heterocycles. The van der Waals surface area contributed by atoms with Gasteiger partial charge in [-0.25, -0.2) is 14.4 Å². The van der Waals surface area contributed by atoms with Crippen LogP contribution in [0, 0.1) is 0 Å². The fourth-order valence-electron chi connectivity index (χ4n) is 4.02. The zero-order valence-electron chi connectivity index (χ0n) is 23.5. The molecule has 1 unspecified atom stereocenters. The van der Waals surface area contributed by atoms with Crippen LogP contribution in [-0.2, 0) is 34.0 Å². The van der Waals surface area contributed by atoms with Gasteiger partial charge in [0.2, 0.25) is 0 Å². The molecule has 0 aromatic heterocycles. The van der Waals surface area contributed by atoms with Crippen molar-refractivity contribution in [1.82, 2.24) is 4.90 Å². The van der Waals surface area contributed by atoms with Crippen molar-refractivity contribution in [3.63, 3.8) is 0 Å². The summed E-state index contributed by atoms with van der Waals surface area (Å²) in [6.45, 7) is -0.0333. The third-order valence-corrected chi connectivity index (χ3v) is 6.18. The molecule has 0 fully saturated rings. The van der Waals surface area contributed by atoms with Crippen molar-refractivity contribution >= 4 is 18.4 Å². The molecule has 0 radical (unpaired) electrons. The third-order valence-electron chi connectivity index (χ3n) is 6.18. The number of hydrogen-bond donors (Lipinski definition) is 1. The molecule has 4 aromatic carbocycles. The Balaban J connectivity index is 1.49. The van der Waals surface area contributed by atoms with E-state index in [1.807, 2.05) is 54.6 Å². The van der Waals surface area contributed by atoms with Crippen LogP contribution in [0.15, 0.2) is 109 Å². The maximum absolute atomic E-state index is 12.6. The number of hydrogen-bond acceptors (Lipinski definition) is 9. The molecule has 4 rings (SSSR count). The second-order valence-corrected chi connectivity index (χ2v) is 9.31. The predicted molar refractivity (Wildman–Crippen MR) is 155 cm³/mol. The lowest BCUT2D eigenvalue weighted by molar-refractivity contribution is 0.0799. The molecule has 43 heavy (non-hydrogen) atoms. The molecule has 1 N–H and O–H groups in total. The monoisotopic (exact) mass is 585 g/mol. The summed E-state index contributed by atoms with van der Waals surface area (Å²) in [7, 11) is 1.25. The minimum absolute atomic E-state index is 0.0312. The summed E-state index contributed by atoms with van der Waals surface area (Å²) in [6.07, 6.45) is -3.94. The molecule has 4 aromatic rings. The highest BCUT2D eigenvalue weighted by atomic mass is 16.7. The Morgan fingerprint density at radius 2 is 1.16 bits per heavy atom. The zero-order valence-corrected chi connectivity index (χ0v) is 23.5. The number of benzene rings is 4. The molecule has 222 valence electrons. The smallest absolute Gasteiger partial charge is 0.453 e. The quantitative estimate of drug-likeness (QED) is 0.121. The minimum Gasteiger partial charge on any atom is -0.453 e. The summed E-state index contributed by atoms with van der Waals surface area (Å²) < 4.78 is 26.0. The van der Waals surface area contributed by atoms with Crippen molar-refractivity contribution in [2.45, 2.75) is 25.9 Å². The SMILES string of the molecule is COC(=O)N(Cc1ccccc1)CC(O)c1ccc(OC(=O)OCc2ccccc2)c(OC(=O)OCc2ccccc2)c1. The van der Waals surface area contributed by atoms with E-state index in [1.54, 1.807) is 36.4 Å². The van der Waals surface area contributed by atoms with Gasteiger partial charge in [0, 0.05) is 6.54 Å². The molecule has 0 spiro atoms. The molecule has 0 aliphatic carbocycles. The molecular weight excluding hydrogens is 554 g/mol. The standard InChI is InChI=1S/C33H31NO9/c1-39-31(36)34(20-24-11-5-2-6-12-24)21-28(35)27-17-18-29(42-32(37)40-22-25-13-7-3-8-14-25)30(19-27)43-33(38)41-23-26-15-9-4-10-16-26/h2-19,28,35H,20-23H2,1H3. The van der Waals surface area contributed by atoms with Crippen molar-refractivity contribution in [1.29, 1.82) is 0 Å². The van der Waals surface area contributed by atoms with Crippen molar-refractivity contribution < 1.29 is 43.2 Å². The van der Waals surface area contributed by atoms with Crippen LogP contribution in [-0.4, -0.2) is 42.1 Å². The highest BCUT2D eigenvalue weighted by molar-refractivity contribution is 5.70. The number of aliphatic hydroxyl groups is 1. The van der Waals surface area contributed by atoms with Gasteiger partial charge in [-0.1, -0.05) is 97.1 Å². The van der Waals surface area contributed by atoms with Crippen LogP contribution in [0.5, 0.6) is 11.5 Å². The number of methoxy groups -OCH3 is 1. The van der Waals surface area contributed by atoms with Crippen molar-refractivity contribution in [3.8, 4) is 11.5 Å². The molecular formula is C33H31NO9. The molecule has 0 saturated heterocycles. The second kappa shape index (κ2) is 15.6. The Kier molecular flexibility index (Phi) is 11.1. The Morgan fingerprint density at radius 1 is 0.674 bits per heavy atom. The number of amides is 1. The lowest BCUT2D eigenvalue weighted by Crippen LogP contribution is -2.34. The highest BCUT2D eigenvalue weighted by Crippen LogP contribution is 2.32. The van der Waals surface area contributed by atoms with E-state index in [2.05, 4.69) is 0 Å². The average molecular weight is 586 g/mol. The van der Waals surface area contributed by atoms with Crippen molar-refractivity contribution in [2.24, 2.45) is 0 Å². The van der Waals surface area contributed by atoms with E-state index in [9.17, 15) is 19.5 Å². The Morgan fingerprint density at radius 3 is 1.67 bits per heavy atom. The number of carbonyl (C=O) groups is 3. The first kappa shape index (κ1) is 30.6. The minimum atomic E-state index is -1.22. The first-order chi connectivity index (χ1) is 20.9. The maximum atomic E-state index is 12.6. The maximum Gasteiger partial charge on any atom is 0.514 e. The van der Waals surface area contributed by atoms with Crippen LogP contribution in [0.4, 0.5) is 14.4 Å². The van der Waals surface area contributed by atoms with Crippen molar-refractivity contribution in [2.75, 3.05) is 13.7 Å². The van der Waals surface area contributed by atoms with E-state index in [4.69, 9.17) is 23.7 Å². The van der Waals surface area contributed by atoms with E-state index in [1.165, 1.54) is 30.2 Å². The summed E-state index contributed by atoms with van der Waals surface area (Å²) in [6, 6.07) is 31.4. The molecule has 0 aliphatic rings. The van der Waals surface area contributed by atoms with Crippen molar-refractivity contribution in [3.05, 3.63) is 131 Å². The van der Waals surface area contributed by atoms with Gasteiger partial charge >= 0.3 is 18.4 Å². The predicted octanol–water partition coefficient (Wildman–Crippen LogP) is 6.42. The number of nitrogens with zero attached hydrogens (tertiary/aromatic N) is 1. The van der Waals surface area contributed by atoms with E-state index >= 15 is 0 Å². The molecule has 10 nitrogen and oxygen atoms in total. The fourth-order valence-corrected chi connectivity index (χ4v) is 4.02. The van der Waals surface area contributed by atoms with Crippen LogP contribution in [0.1, 0.15) is 28.4 Å². The van der Waals surface area contributed by atoms with Gasteiger partial charge in [0.1, 0.15) is 13.2 Å². The van der Waals surface area contributed by atoms with Gasteiger partial charge in [0.15, 0.2) is 11.5 Å². The Bertz CT molecular complexity index is 1480. The third kappa shape index (κ3) is 9.61. The van der Waals surface area contributed by atoms with Gasteiger partial charge in [0.05, 0.1) is 19.8 Å². The fraction of sp³-hybridized carbons (Fsp3) is 0.182. The Labute approximate surface area is 248 Å². The zero-order chi connectivity index (χ0) is 30.4. The van der Waals surface area contributed by atoms with E-state index in [0.29, 0.717) is 0 Å². The van der Waals surface area contributed by atoms with Gasteiger partial charge in [0.25, 0.3) is 0 Å². The summed E-state index contributed by atoms with van der Waals surface area (Å²) in [4.78, 5) is 38.8. The lowest BCUT2D eigenvalue weighted by Gasteiger charge is -2.24. The molecule has 10 heteroatoms. The van der Waals surface area contributed by atoms with E-state index < -0.39 is 24.5 Å². The molecule has 0 saturated carbocycles. The molecule has 1 atom stereocenters. The number of aliphatic hydroxyl groups excluding tert-OH is 1. The molecule has 1 amide bonds. The first-order valence-electron chi connectivity index (χ1n) is 13.4. The summed E-state index contributed by atoms with van der Waals surface area (Å²) in [5.41, 5.74) is 2.61.